The Bertz CT molecular complexity index is 806. The SMILES string of the molecule is C[C@@H]1CCc2c(sc(NC(=O)c3ccco3)c2C(=O)N2CCOCC2)C1. The van der Waals surface area contributed by atoms with Crippen molar-refractivity contribution in [1.82, 2.24) is 4.90 Å². The van der Waals surface area contributed by atoms with Crippen LogP contribution in [0.4, 0.5) is 5.00 Å². The van der Waals surface area contributed by atoms with E-state index >= 15 is 0 Å². The lowest BCUT2D eigenvalue weighted by molar-refractivity contribution is 0.0303. The highest BCUT2D eigenvalue weighted by atomic mass is 32.1. The largest absolute Gasteiger partial charge is 0.459 e. The summed E-state index contributed by atoms with van der Waals surface area (Å²) in [7, 11) is 0. The molecule has 0 saturated carbocycles. The van der Waals surface area contributed by atoms with Gasteiger partial charge in [-0.3, -0.25) is 9.59 Å². The average molecular weight is 374 g/mol. The zero-order valence-corrected chi connectivity index (χ0v) is 15.6. The van der Waals surface area contributed by atoms with Crippen molar-refractivity contribution in [2.75, 3.05) is 31.6 Å². The molecule has 2 aromatic heterocycles. The summed E-state index contributed by atoms with van der Waals surface area (Å²) in [4.78, 5) is 28.7. The molecule has 0 spiro atoms. The molecular formula is C19H22N2O4S. The van der Waals surface area contributed by atoms with Crippen LogP contribution in [0.1, 0.15) is 44.7 Å². The van der Waals surface area contributed by atoms with Crippen LogP contribution in [0.25, 0.3) is 0 Å². The summed E-state index contributed by atoms with van der Waals surface area (Å²) in [6.07, 6.45) is 4.38. The molecule has 1 saturated heterocycles. The van der Waals surface area contributed by atoms with Crippen LogP contribution in [0.2, 0.25) is 0 Å². The highest BCUT2D eigenvalue weighted by molar-refractivity contribution is 7.17. The molecule has 4 rings (SSSR count). The second-order valence-corrected chi connectivity index (χ2v) is 8.00. The van der Waals surface area contributed by atoms with Crippen molar-refractivity contribution in [3.8, 4) is 0 Å². The molecule has 1 N–H and O–H groups in total. The third-order valence-electron chi connectivity index (χ3n) is 5.00. The van der Waals surface area contributed by atoms with Crippen molar-refractivity contribution in [2.24, 2.45) is 5.92 Å². The zero-order valence-electron chi connectivity index (χ0n) is 14.7. The molecule has 2 aromatic rings. The van der Waals surface area contributed by atoms with Gasteiger partial charge in [0.2, 0.25) is 0 Å². The zero-order chi connectivity index (χ0) is 18.1. The van der Waals surface area contributed by atoms with Gasteiger partial charge in [0.05, 0.1) is 25.0 Å². The lowest BCUT2D eigenvalue weighted by Crippen LogP contribution is -2.41. The van der Waals surface area contributed by atoms with Crippen LogP contribution >= 0.6 is 11.3 Å². The maximum absolute atomic E-state index is 13.2. The summed E-state index contributed by atoms with van der Waals surface area (Å²) in [5, 5.41) is 3.55. The quantitative estimate of drug-likeness (QED) is 0.896. The van der Waals surface area contributed by atoms with E-state index in [9.17, 15) is 9.59 Å². The third-order valence-corrected chi connectivity index (χ3v) is 6.17. The van der Waals surface area contributed by atoms with Gasteiger partial charge in [-0.1, -0.05) is 6.92 Å². The summed E-state index contributed by atoms with van der Waals surface area (Å²) >= 11 is 1.53. The second-order valence-electron chi connectivity index (χ2n) is 6.89. The van der Waals surface area contributed by atoms with Crippen LogP contribution in [0.3, 0.4) is 0 Å². The number of carbonyl (C=O) groups excluding carboxylic acids is 2. The van der Waals surface area contributed by atoms with Crippen LogP contribution in [0.15, 0.2) is 22.8 Å². The van der Waals surface area contributed by atoms with E-state index in [-0.39, 0.29) is 17.6 Å². The number of anilines is 1. The van der Waals surface area contributed by atoms with Gasteiger partial charge in [-0.2, -0.15) is 0 Å². The highest BCUT2D eigenvalue weighted by Gasteiger charge is 2.31. The minimum Gasteiger partial charge on any atom is -0.459 e. The summed E-state index contributed by atoms with van der Waals surface area (Å²) < 4.78 is 10.5. The Balaban J connectivity index is 1.68. The number of ether oxygens (including phenoxy) is 1. The van der Waals surface area contributed by atoms with Gasteiger partial charge in [-0.15, -0.1) is 11.3 Å². The molecule has 0 radical (unpaired) electrons. The second kappa shape index (κ2) is 7.25. The fourth-order valence-corrected chi connectivity index (χ4v) is 4.96. The Morgan fingerprint density at radius 1 is 1.31 bits per heavy atom. The predicted octanol–water partition coefficient (Wildman–Crippen LogP) is 3.19. The highest BCUT2D eigenvalue weighted by Crippen LogP contribution is 2.40. The van der Waals surface area contributed by atoms with E-state index in [0.717, 1.165) is 24.8 Å². The maximum Gasteiger partial charge on any atom is 0.291 e. The van der Waals surface area contributed by atoms with Crippen molar-refractivity contribution in [3.63, 3.8) is 0 Å². The van der Waals surface area contributed by atoms with Gasteiger partial charge in [0, 0.05) is 18.0 Å². The van der Waals surface area contributed by atoms with Gasteiger partial charge >= 0.3 is 0 Å². The lowest BCUT2D eigenvalue weighted by Gasteiger charge is -2.28. The van der Waals surface area contributed by atoms with Gasteiger partial charge in [0.15, 0.2) is 5.76 Å². The standard InChI is InChI=1S/C19H22N2O4S/c1-12-4-5-13-15(11-12)26-18(20-17(22)14-3-2-8-25-14)16(13)19(23)21-6-9-24-10-7-21/h2-3,8,12H,4-7,9-11H2,1H3,(H,20,22)/t12-/m1/s1. The van der Waals surface area contributed by atoms with E-state index in [1.807, 2.05) is 4.90 Å². The van der Waals surface area contributed by atoms with E-state index in [0.29, 0.717) is 42.8 Å². The van der Waals surface area contributed by atoms with Crippen molar-refractivity contribution >= 4 is 28.2 Å². The molecule has 2 amide bonds. The van der Waals surface area contributed by atoms with Gasteiger partial charge in [-0.05, 0) is 42.9 Å². The van der Waals surface area contributed by atoms with Crippen LogP contribution in [-0.2, 0) is 17.6 Å². The summed E-state index contributed by atoms with van der Waals surface area (Å²) in [6, 6.07) is 3.30. The van der Waals surface area contributed by atoms with Crippen molar-refractivity contribution in [3.05, 3.63) is 40.2 Å². The smallest absolute Gasteiger partial charge is 0.291 e. The number of morpholine rings is 1. The summed E-state index contributed by atoms with van der Waals surface area (Å²) in [5.41, 5.74) is 1.78. The molecule has 1 aliphatic carbocycles. The molecule has 0 aromatic carbocycles. The number of thiophene rings is 1. The van der Waals surface area contributed by atoms with Gasteiger partial charge in [-0.25, -0.2) is 0 Å². The number of furan rings is 1. The van der Waals surface area contributed by atoms with E-state index in [4.69, 9.17) is 9.15 Å². The fraction of sp³-hybridized carbons (Fsp3) is 0.474. The fourth-order valence-electron chi connectivity index (χ4n) is 3.56. The van der Waals surface area contributed by atoms with Crippen molar-refractivity contribution in [1.29, 1.82) is 0 Å². The number of fused-ring (bicyclic) bond motifs is 1. The normalized spacial score (nSPS) is 19.9. The summed E-state index contributed by atoms with van der Waals surface area (Å²) in [5.74, 6) is 0.517. The first-order valence-electron chi connectivity index (χ1n) is 9.00. The number of rotatable bonds is 3. The third kappa shape index (κ3) is 3.29. The van der Waals surface area contributed by atoms with Gasteiger partial charge < -0.3 is 19.4 Å². The Labute approximate surface area is 156 Å². The number of hydrogen-bond donors (Lipinski definition) is 1. The minimum absolute atomic E-state index is 0.00454. The van der Waals surface area contributed by atoms with Crippen molar-refractivity contribution < 1.29 is 18.7 Å². The average Bonchev–Trinajstić information content (AvgIpc) is 3.29. The van der Waals surface area contributed by atoms with E-state index in [2.05, 4.69) is 12.2 Å². The van der Waals surface area contributed by atoms with Crippen LogP contribution in [0, 0.1) is 5.92 Å². The molecule has 3 heterocycles. The Morgan fingerprint density at radius 2 is 2.12 bits per heavy atom. The number of amides is 2. The summed E-state index contributed by atoms with van der Waals surface area (Å²) in [6.45, 7) is 4.52. The van der Waals surface area contributed by atoms with Gasteiger partial charge in [0.1, 0.15) is 5.00 Å². The molecule has 2 aliphatic rings. The first kappa shape index (κ1) is 17.3. The topological polar surface area (TPSA) is 71.8 Å². The van der Waals surface area contributed by atoms with E-state index < -0.39 is 0 Å². The molecule has 0 bridgehead atoms. The molecule has 6 nitrogen and oxygen atoms in total. The molecule has 26 heavy (non-hydrogen) atoms. The van der Waals surface area contributed by atoms with Crippen LogP contribution < -0.4 is 5.32 Å². The van der Waals surface area contributed by atoms with Crippen LogP contribution in [0.5, 0.6) is 0 Å². The van der Waals surface area contributed by atoms with Crippen molar-refractivity contribution in [2.45, 2.75) is 26.2 Å². The first-order valence-corrected chi connectivity index (χ1v) is 9.81. The van der Waals surface area contributed by atoms with E-state index in [1.54, 1.807) is 12.1 Å². The first-order chi connectivity index (χ1) is 12.6. The molecule has 1 atom stereocenters. The number of nitrogens with one attached hydrogen (secondary N) is 1. The lowest BCUT2D eigenvalue weighted by atomic mass is 9.88. The molecule has 7 heteroatoms. The molecule has 1 aliphatic heterocycles. The molecule has 0 unspecified atom stereocenters. The van der Waals surface area contributed by atoms with Gasteiger partial charge in [0.25, 0.3) is 11.8 Å². The maximum atomic E-state index is 13.2. The minimum atomic E-state index is -0.322. The van der Waals surface area contributed by atoms with E-state index in [1.165, 1.54) is 22.5 Å². The Morgan fingerprint density at radius 3 is 2.85 bits per heavy atom. The number of nitrogens with zero attached hydrogens (tertiary/aromatic N) is 1. The predicted molar refractivity (Wildman–Crippen MR) is 98.9 cm³/mol. The number of hydrogen-bond acceptors (Lipinski definition) is 5. The Hall–Kier alpha value is -2.12. The monoisotopic (exact) mass is 374 g/mol. The Kier molecular flexibility index (Phi) is 4.82. The molecular weight excluding hydrogens is 352 g/mol. The molecule has 138 valence electrons. The number of carbonyl (C=O) groups is 2. The molecule has 1 fully saturated rings. The van der Waals surface area contributed by atoms with Crippen LogP contribution in [-0.4, -0.2) is 43.0 Å².